The van der Waals surface area contributed by atoms with Crippen LogP contribution < -0.4 is 0 Å². The van der Waals surface area contributed by atoms with E-state index in [9.17, 15) is 4.79 Å². The first-order valence-electron chi connectivity index (χ1n) is 8.43. The Morgan fingerprint density at radius 1 is 1.25 bits per heavy atom. The molecule has 0 aliphatic heterocycles. The molecule has 2 rings (SSSR count). The van der Waals surface area contributed by atoms with Gasteiger partial charge in [0.1, 0.15) is 0 Å². The first-order valence-corrected chi connectivity index (χ1v) is 8.43. The molecule has 2 aliphatic rings. The Hall–Kier alpha value is -0.790. The van der Waals surface area contributed by atoms with Crippen LogP contribution in [0.5, 0.6) is 0 Å². The second-order valence-electron chi connectivity index (χ2n) is 7.18. The van der Waals surface area contributed by atoms with Crippen molar-refractivity contribution >= 4 is 5.91 Å². The lowest BCUT2D eigenvalue weighted by Gasteiger charge is -2.41. The average molecular weight is 277 g/mol. The second-order valence-corrected chi connectivity index (χ2v) is 7.18. The Morgan fingerprint density at radius 2 is 1.90 bits per heavy atom. The van der Waals surface area contributed by atoms with Crippen molar-refractivity contribution in [1.29, 1.82) is 0 Å². The van der Waals surface area contributed by atoms with Gasteiger partial charge < -0.3 is 4.90 Å². The number of hydrogen-bond donors (Lipinski definition) is 0. The smallest absolute Gasteiger partial charge is 0.219 e. The molecule has 1 amide bonds. The van der Waals surface area contributed by atoms with Crippen molar-refractivity contribution in [1.82, 2.24) is 4.90 Å². The van der Waals surface area contributed by atoms with Gasteiger partial charge in [-0.15, -0.1) is 0 Å². The van der Waals surface area contributed by atoms with Gasteiger partial charge in [-0.2, -0.15) is 0 Å². The minimum Gasteiger partial charge on any atom is -0.340 e. The molecule has 0 aromatic rings. The molecule has 2 aliphatic carbocycles. The molecule has 1 saturated carbocycles. The van der Waals surface area contributed by atoms with E-state index < -0.39 is 0 Å². The molecule has 3 atom stereocenters. The lowest BCUT2D eigenvalue weighted by atomic mass is 9.74. The fourth-order valence-electron chi connectivity index (χ4n) is 4.32. The summed E-state index contributed by atoms with van der Waals surface area (Å²) in [6.07, 6.45) is 9.98. The third-order valence-corrected chi connectivity index (χ3v) is 5.43. The Morgan fingerprint density at radius 3 is 2.45 bits per heavy atom. The predicted molar refractivity (Wildman–Crippen MR) is 84.5 cm³/mol. The van der Waals surface area contributed by atoms with Gasteiger partial charge >= 0.3 is 0 Å². The highest BCUT2D eigenvalue weighted by Crippen LogP contribution is 2.35. The maximum absolute atomic E-state index is 12.1. The van der Waals surface area contributed by atoms with Crippen molar-refractivity contribution in [2.45, 2.75) is 72.3 Å². The molecule has 0 N–H and O–H groups in total. The predicted octanol–water partition coefficient (Wildman–Crippen LogP) is 4.41. The van der Waals surface area contributed by atoms with Crippen LogP contribution in [0.1, 0.15) is 66.2 Å². The number of amides is 1. The Kier molecular flexibility index (Phi) is 5.29. The fraction of sp³-hybridized carbons (Fsp3) is 0.833. The molecule has 0 saturated heterocycles. The number of carbonyl (C=O) groups excluding carboxylic acids is 1. The third kappa shape index (κ3) is 3.65. The highest BCUT2D eigenvalue weighted by Gasteiger charge is 2.32. The van der Waals surface area contributed by atoms with Crippen molar-refractivity contribution in [3.63, 3.8) is 0 Å². The van der Waals surface area contributed by atoms with Crippen LogP contribution in [0.15, 0.2) is 11.6 Å². The van der Waals surface area contributed by atoms with Crippen LogP contribution in [-0.4, -0.2) is 23.4 Å². The second kappa shape index (κ2) is 6.78. The van der Waals surface area contributed by atoms with Gasteiger partial charge in [-0.25, -0.2) is 0 Å². The van der Waals surface area contributed by atoms with Crippen molar-refractivity contribution < 1.29 is 4.79 Å². The molecule has 3 unspecified atom stereocenters. The van der Waals surface area contributed by atoms with Crippen LogP contribution >= 0.6 is 0 Å². The van der Waals surface area contributed by atoms with Crippen LogP contribution in [0, 0.1) is 17.8 Å². The summed E-state index contributed by atoms with van der Waals surface area (Å²) in [5, 5.41) is 0. The Balaban J connectivity index is 2.05. The Labute approximate surface area is 124 Å². The van der Waals surface area contributed by atoms with Gasteiger partial charge in [0, 0.05) is 19.5 Å². The van der Waals surface area contributed by atoms with Crippen molar-refractivity contribution in [2.75, 3.05) is 6.54 Å². The zero-order valence-electron chi connectivity index (χ0n) is 13.7. The molecule has 0 aromatic carbocycles. The summed E-state index contributed by atoms with van der Waals surface area (Å²) in [7, 11) is 0. The SMILES string of the molecule is CC(=O)N(CC1C(C)C=C(C)CC1C)C1CCCCC1. The number of rotatable bonds is 3. The number of carbonyl (C=O) groups is 1. The van der Waals surface area contributed by atoms with Crippen LogP contribution in [0.2, 0.25) is 0 Å². The van der Waals surface area contributed by atoms with E-state index in [0.717, 1.165) is 6.54 Å². The highest BCUT2D eigenvalue weighted by atomic mass is 16.2. The summed E-state index contributed by atoms with van der Waals surface area (Å²) < 4.78 is 0. The standard InChI is InChI=1S/C18H31NO/c1-13-10-14(2)18(15(3)11-13)12-19(16(4)20)17-8-6-5-7-9-17/h10,14-15,17-18H,5-9,11-12H2,1-4H3. The van der Waals surface area contributed by atoms with Crippen molar-refractivity contribution in [3.05, 3.63) is 11.6 Å². The van der Waals surface area contributed by atoms with Crippen LogP contribution in [-0.2, 0) is 4.79 Å². The molecule has 2 nitrogen and oxygen atoms in total. The summed E-state index contributed by atoms with van der Waals surface area (Å²) in [4.78, 5) is 14.3. The van der Waals surface area contributed by atoms with Gasteiger partial charge in [-0.1, -0.05) is 44.8 Å². The first-order chi connectivity index (χ1) is 9.49. The van der Waals surface area contributed by atoms with E-state index in [-0.39, 0.29) is 5.91 Å². The molecule has 1 fully saturated rings. The van der Waals surface area contributed by atoms with Gasteiger partial charge in [0.25, 0.3) is 0 Å². The molecule has 0 radical (unpaired) electrons. The van der Waals surface area contributed by atoms with E-state index in [1.165, 1.54) is 44.1 Å². The maximum atomic E-state index is 12.1. The van der Waals surface area contributed by atoms with E-state index in [0.29, 0.717) is 23.8 Å². The molecule has 20 heavy (non-hydrogen) atoms. The Bertz CT molecular complexity index is 368. The molecule has 0 bridgehead atoms. The normalized spacial score (nSPS) is 31.8. The number of allylic oxidation sites excluding steroid dienone is 2. The summed E-state index contributed by atoms with van der Waals surface area (Å²) in [5.41, 5.74) is 1.52. The third-order valence-electron chi connectivity index (χ3n) is 5.43. The molecular weight excluding hydrogens is 246 g/mol. The van der Waals surface area contributed by atoms with E-state index in [1.807, 2.05) is 0 Å². The topological polar surface area (TPSA) is 20.3 Å². The summed E-state index contributed by atoms with van der Waals surface area (Å²) in [6, 6.07) is 0.507. The van der Waals surface area contributed by atoms with Gasteiger partial charge in [-0.05, 0) is 43.9 Å². The fourth-order valence-corrected chi connectivity index (χ4v) is 4.32. The quantitative estimate of drug-likeness (QED) is 0.700. The van der Waals surface area contributed by atoms with Gasteiger partial charge in [0.05, 0.1) is 0 Å². The lowest BCUT2D eigenvalue weighted by molar-refractivity contribution is -0.133. The zero-order chi connectivity index (χ0) is 14.7. The summed E-state index contributed by atoms with van der Waals surface area (Å²) in [5.74, 6) is 2.21. The van der Waals surface area contributed by atoms with Gasteiger partial charge in [0.15, 0.2) is 0 Å². The zero-order valence-corrected chi connectivity index (χ0v) is 13.7. The largest absolute Gasteiger partial charge is 0.340 e. The highest BCUT2D eigenvalue weighted by molar-refractivity contribution is 5.73. The first kappa shape index (κ1) is 15.6. The number of hydrogen-bond acceptors (Lipinski definition) is 1. The molecular formula is C18H31NO. The molecule has 0 spiro atoms. The lowest BCUT2D eigenvalue weighted by Crippen LogP contribution is -2.45. The number of nitrogens with zero attached hydrogens (tertiary/aromatic N) is 1. The molecule has 114 valence electrons. The van der Waals surface area contributed by atoms with E-state index in [1.54, 1.807) is 6.92 Å². The minimum absolute atomic E-state index is 0.280. The van der Waals surface area contributed by atoms with Crippen molar-refractivity contribution in [2.24, 2.45) is 17.8 Å². The van der Waals surface area contributed by atoms with E-state index in [2.05, 4.69) is 31.7 Å². The van der Waals surface area contributed by atoms with Crippen molar-refractivity contribution in [3.8, 4) is 0 Å². The van der Waals surface area contributed by atoms with Crippen LogP contribution in [0.4, 0.5) is 0 Å². The van der Waals surface area contributed by atoms with Gasteiger partial charge in [0.2, 0.25) is 5.91 Å². The maximum Gasteiger partial charge on any atom is 0.219 e. The monoisotopic (exact) mass is 277 g/mol. The van der Waals surface area contributed by atoms with Gasteiger partial charge in [-0.3, -0.25) is 4.79 Å². The molecule has 2 heteroatoms. The molecule has 0 heterocycles. The van der Waals surface area contributed by atoms with Crippen LogP contribution in [0.25, 0.3) is 0 Å². The average Bonchev–Trinajstić information content (AvgIpc) is 2.38. The van der Waals surface area contributed by atoms with E-state index >= 15 is 0 Å². The van der Waals surface area contributed by atoms with E-state index in [4.69, 9.17) is 0 Å². The van der Waals surface area contributed by atoms with Crippen LogP contribution in [0.3, 0.4) is 0 Å². The minimum atomic E-state index is 0.280. The molecule has 0 aromatic heterocycles. The summed E-state index contributed by atoms with van der Waals surface area (Å²) in [6.45, 7) is 9.65. The summed E-state index contributed by atoms with van der Waals surface area (Å²) >= 11 is 0.